The number of fused-ring (bicyclic) bond motifs is 20. The first kappa shape index (κ1) is 51.2. The molecule has 0 aliphatic heterocycles. The van der Waals surface area contributed by atoms with E-state index < -0.39 is 0 Å². The van der Waals surface area contributed by atoms with Gasteiger partial charge in [0.25, 0.3) is 0 Å². The van der Waals surface area contributed by atoms with E-state index in [-0.39, 0.29) is 21.7 Å². The zero-order valence-electron chi connectivity index (χ0n) is 41.9. The average molecular weight is 1260 g/mol. The number of thioether (sulfide) groups is 4. The fourth-order valence-corrected chi connectivity index (χ4v) is 23.9. The number of nitrogens with zero attached hydrogens (tertiary/aromatic N) is 4. The predicted octanol–water partition coefficient (Wildman–Crippen LogP) is 19.0. The Bertz CT molecular complexity index is 5400. The summed E-state index contributed by atoms with van der Waals surface area (Å²) >= 11 is 17.8. The Morgan fingerprint density at radius 1 is 0.275 bits per heavy atom. The number of para-hydroxylation sites is 2. The maximum absolute atomic E-state index is 14.2. The maximum atomic E-state index is 14.2. The van der Waals surface area contributed by atoms with Crippen molar-refractivity contribution in [3.63, 3.8) is 0 Å². The Labute approximate surface area is 500 Å². The third kappa shape index (κ3) is 7.85. The van der Waals surface area contributed by atoms with E-state index >= 15 is 0 Å². The Morgan fingerprint density at radius 2 is 0.562 bits per heavy atom. The fourth-order valence-electron chi connectivity index (χ4n) is 10.2. The Balaban J connectivity index is 0.000000141. The molecule has 0 saturated carbocycles. The summed E-state index contributed by atoms with van der Waals surface area (Å²) in [7, 11) is 0. The molecule has 0 fully saturated rings. The van der Waals surface area contributed by atoms with Crippen LogP contribution in [0.4, 0.5) is 0 Å². The van der Waals surface area contributed by atoms with Gasteiger partial charge >= 0.3 is 0 Å². The van der Waals surface area contributed by atoms with Gasteiger partial charge in [-0.2, -0.15) is 0 Å². The lowest BCUT2D eigenvalue weighted by molar-refractivity contribution is 1.47. The highest BCUT2D eigenvalue weighted by molar-refractivity contribution is 7.99. The molecule has 16 rings (SSSR count). The van der Waals surface area contributed by atoms with Crippen LogP contribution in [0.15, 0.2) is 160 Å². The minimum absolute atomic E-state index is 0.000450. The van der Waals surface area contributed by atoms with Crippen molar-refractivity contribution < 1.29 is 0 Å². The highest BCUT2D eigenvalue weighted by atomic mass is 32.2. The number of hydrogen-bond acceptors (Lipinski definition) is 20. The summed E-state index contributed by atoms with van der Waals surface area (Å²) in [6.07, 6.45) is 7.77. The Morgan fingerprint density at radius 3 is 0.912 bits per heavy atom. The molecule has 10 aromatic carbocycles. The van der Waals surface area contributed by atoms with Gasteiger partial charge in [-0.05, 0) is 72.2 Å². The number of aromatic nitrogens is 4. The second-order valence-electron chi connectivity index (χ2n) is 18.3. The first-order valence-electron chi connectivity index (χ1n) is 24.5. The number of rotatable bonds is 4. The third-order valence-electron chi connectivity index (χ3n) is 13.9. The van der Waals surface area contributed by atoms with Crippen molar-refractivity contribution in [1.29, 1.82) is 0 Å². The predicted molar refractivity (Wildman–Crippen MR) is 362 cm³/mol. The van der Waals surface area contributed by atoms with Crippen LogP contribution in [0.5, 0.6) is 0 Å². The summed E-state index contributed by atoms with van der Waals surface area (Å²) in [5, 5.41) is 4.53. The number of hydrogen-bond donors (Lipinski definition) is 0. The molecule has 0 saturated heterocycles. The molecular formula is C60H32N4O4S12. The summed E-state index contributed by atoms with van der Waals surface area (Å²) in [5.74, 6) is 0. The lowest BCUT2D eigenvalue weighted by Crippen LogP contribution is -2.07. The van der Waals surface area contributed by atoms with Gasteiger partial charge in [0.05, 0.1) is 117 Å². The molecule has 0 bridgehead atoms. The zero-order chi connectivity index (χ0) is 54.2. The molecule has 8 nitrogen and oxygen atoms in total. The fraction of sp³-hybridized carbons (Fsp3) is 0.0667. The molecule has 16 aromatic rings. The van der Waals surface area contributed by atoms with E-state index in [1.54, 1.807) is 45.3 Å². The standard InChI is InChI=1S/C34H18N2O2S6.C26H14N2O2S6/c1-39-31-23(37)33-29(21-27(31)41-25-17-9-5-3-7-15(17)11-13-19(25)35-21)44-34-24(38)32(40-2)28-22(30(34)43-33)36-20-14-12-16-8-4-6-10-18(16)26(20)42-28;1-31-23-17(29)25-21(15-19(23)33-13-9-5-3-7-11(13)27-15)36-26-18(30)24(32-2)20-16(22(26)35-25)28-12-8-4-6-10-14(12)34-20/h3-14H,1-2H3;3-10H,1-2H3. The molecule has 6 heterocycles. The van der Waals surface area contributed by atoms with Crippen LogP contribution < -0.4 is 21.7 Å². The van der Waals surface area contributed by atoms with Crippen molar-refractivity contribution >= 4 is 279 Å². The van der Waals surface area contributed by atoms with Gasteiger partial charge in [-0.1, -0.05) is 84.9 Å². The molecule has 80 heavy (non-hydrogen) atoms. The average Bonchev–Trinajstić information content (AvgIpc) is 3.51. The van der Waals surface area contributed by atoms with Crippen molar-refractivity contribution in [2.45, 2.75) is 19.6 Å². The summed E-state index contributed by atoms with van der Waals surface area (Å²) in [6, 6.07) is 40.8. The van der Waals surface area contributed by atoms with Gasteiger partial charge in [-0.3, -0.25) is 19.2 Å². The zero-order valence-corrected chi connectivity index (χ0v) is 51.7. The molecule has 0 atom stereocenters. The van der Waals surface area contributed by atoms with Gasteiger partial charge in [-0.15, -0.1) is 138 Å². The van der Waals surface area contributed by atoms with Crippen molar-refractivity contribution in [3.8, 4) is 0 Å². The monoisotopic (exact) mass is 1260 g/mol. The lowest BCUT2D eigenvalue weighted by atomic mass is 10.1. The van der Waals surface area contributed by atoms with E-state index in [0.717, 1.165) is 122 Å². The third-order valence-corrected chi connectivity index (χ3v) is 27.7. The van der Waals surface area contributed by atoms with Crippen molar-refractivity contribution in [3.05, 3.63) is 162 Å². The van der Waals surface area contributed by atoms with Crippen molar-refractivity contribution in [2.24, 2.45) is 0 Å². The first-order chi connectivity index (χ1) is 39.1. The Hall–Kier alpha value is -5.72. The SMILES string of the molecule is CSc1c(=O)c2sc3c(sc2c2nc4ccc5ccccc5c4sc12)c(=O)c(SC)c1sc2c(ccc4ccccc42)nc13.CSc1c(=O)c2sc3c(sc2c2nc4ccccc4sc12)c(=O)c(SC)c1sc2ccccc2nc13. The van der Waals surface area contributed by atoms with Gasteiger partial charge in [0, 0.05) is 10.8 Å². The van der Waals surface area contributed by atoms with E-state index in [2.05, 4.69) is 48.5 Å². The van der Waals surface area contributed by atoms with Crippen LogP contribution >= 0.6 is 138 Å². The quantitative estimate of drug-likeness (QED) is 0.0948. The molecular weight excluding hydrogens is 1230 g/mol. The molecule has 0 N–H and O–H groups in total. The van der Waals surface area contributed by atoms with Gasteiger partial charge < -0.3 is 0 Å². The van der Waals surface area contributed by atoms with Crippen LogP contribution in [0.1, 0.15) is 0 Å². The molecule has 0 spiro atoms. The van der Waals surface area contributed by atoms with Crippen LogP contribution in [0, 0.1) is 0 Å². The van der Waals surface area contributed by atoms with E-state index in [1.807, 2.05) is 97.8 Å². The molecule has 388 valence electrons. The highest BCUT2D eigenvalue weighted by Gasteiger charge is 2.25. The maximum Gasteiger partial charge on any atom is 0.212 e. The molecule has 0 amide bonds. The number of benzene rings is 10. The van der Waals surface area contributed by atoms with Crippen LogP contribution in [-0.2, 0) is 0 Å². The van der Waals surface area contributed by atoms with Gasteiger partial charge in [0.1, 0.15) is 22.1 Å². The van der Waals surface area contributed by atoms with E-state index in [4.69, 9.17) is 19.9 Å². The minimum Gasteiger partial charge on any atom is -0.287 e. The lowest BCUT2D eigenvalue weighted by Gasteiger charge is -2.12. The largest absolute Gasteiger partial charge is 0.287 e. The molecule has 0 unspecified atom stereocenters. The van der Waals surface area contributed by atoms with Crippen LogP contribution in [0.3, 0.4) is 0 Å². The molecule has 0 aliphatic carbocycles. The second-order valence-corrected chi connectivity index (χ2v) is 29.8. The smallest absolute Gasteiger partial charge is 0.212 e. The van der Waals surface area contributed by atoms with E-state index in [9.17, 15) is 19.2 Å². The van der Waals surface area contributed by atoms with Gasteiger partial charge in [0.15, 0.2) is 0 Å². The Kier molecular flexibility index (Phi) is 12.8. The van der Waals surface area contributed by atoms with E-state index in [0.29, 0.717) is 38.4 Å². The second kappa shape index (κ2) is 20.0. The summed E-state index contributed by atoms with van der Waals surface area (Å²) in [4.78, 5) is 79.1. The highest BCUT2D eigenvalue weighted by Crippen LogP contribution is 2.47. The first-order valence-corrected chi connectivity index (χ1v) is 35.9. The molecule has 20 heteroatoms. The summed E-state index contributed by atoms with van der Waals surface area (Å²) in [6.45, 7) is 0. The molecule has 0 aliphatic rings. The van der Waals surface area contributed by atoms with E-state index in [1.165, 1.54) is 92.4 Å². The summed E-state index contributed by atoms with van der Waals surface area (Å²) < 4.78 is 13.3. The normalized spacial score (nSPS) is 12.2. The van der Waals surface area contributed by atoms with Crippen LogP contribution in [-0.4, -0.2) is 45.0 Å². The van der Waals surface area contributed by atoms with Gasteiger partial charge in [0.2, 0.25) is 21.7 Å². The van der Waals surface area contributed by atoms with Gasteiger partial charge in [-0.25, -0.2) is 19.9 Å². The topological polar surface area (TPSA) is 120 Å². The van der Waals surface area contributed by atoms with Crippen LogP contribution in [0.25, 0.3) is 141 Å². The molecule has 6 aromatic heterocycles. The van der Waals surface area contributed by atoms with Crippen LogP contribution in [0.2, 0.25) is 0 Å². The van der Waals surface area contributed by atoms with Crippen molar-refractivity contribution in [2.75, 3.05) is 25.0 Å². The molecule has 0 radical (unpaired) electrons. The minimum atomic E-state index is -0.00853. The summed E-state index contributed by atoms with van der Waals surface area (Å²) in [5.41, 5.74) is 6.69. The van der Waals surface area contributed by atoms with Crippen molar-refractivity contribution in [1.82, 2.24) is 19.9 Å².